The summed E-state index contributed by atoms with van der Waals surface area (Å²) in [5.41, 5.74) is 0.914. The third-order valence-corrected chi connectivity index (χ3v) is 5.39. The molecule has 0 bridgehead atoms. The van der Waals surface area contributed by atoms with E-state index in [1.165, 1.54) is 23.0 Å². The van der Waals surface area contributed by atoms with Crippen LogP contribution < -0.4 is 15.7 Å². The summed E-state index contributed by atoms with van der Waals surface area (Å²) in [5.74, 6) is 0.220. The number of hydrogen-bond donors (Lipinski definition) is 1. The lowest BCUT2D eigenvalue weighted by atomic mass is 10.2. The number of carbonyl (C=O) groups is 1. The third-order valence-electron chi connectivity index (χ3n) is 4.49. The van der Waals surface area contributed by atoms with Gasteiger partial charge in [-0.1, -0.05) is 48.6 Å². The van der Waals surface area contributed by atoms with Gasteiger partial charge in [-0.3, -0.25) is 10.1 Å². The largest absolute Gasteiger partial charge is 0.493 e. The van der Waals surface area contributed by atoms with Crippen molar-refractivity contribution < 1.29 is 13.9 Å². The van der Waals surface area contributed by atoms with E-state index in [0.717, 1.165) is 17.2 Å². The number of nitrogens with zero attached hydrogens (tertiary/aromatic N) is 2. The van der Waals surface area contributed by atoms with Crippen LogP contribution in [-0.2, 0) is 12.8 Å². The van der Waals surface area contributed by atoms with Gasteiger partial charge in [0.1, 0.15) is 21.9 Å². The lowest BCUT2D eigenvalue weighted by molar-refractivity contribution is 0.102. The molecule has 0 unspecified atom stereocenters. The fourth-order valence-electron chi connectivity index (χ4n) is 2.87. The summed E-state index contributed by atoms with van der Waals surface area (Å²) in [6, 6.07) is 16.5. The fourth-order valence-corrected chi connectivity index (χ4v) is 3.58. The van der Waals surface area contributed by atoms with Crippen LogP contribution in [0.3, 0.4) is 0 Å². The number of para-hydroxylation sites is 1. The van der Waals surface area contributed by atoms with Crippen LogP contribution in [0, 0.1) is 0 Å². The number of nitrogens with one attached hydrogen (secondary N) is 1. The van der Waals surface area contributed by atoms with Gasteiger partial charge in [-0.05, 0) is 36.2 Å². The van der Waals surface area contributed by atoms with Crippen LogP contribution in [0.4, 0.5) is 5.13 Å². The molecule has 2 aromatic heterocycles. The maximum Gasteiger partial charge on any atom is 0.349 e. The molecule has 4 rings (SSSR count). The average molecular weight is 421 g/mol. The molecule has 0 radical (unpaired) electrons. The first-order valence-corrected chi connectivity index (χ1v) is 10.3. The molecule has 2 aromatic carbocycles. The van der Waals surface area contributed by atoms with Crippen LogP contribution in [0.2, 0.25) is 0 Å². The highest BCUT2D eigenvalue weighted by Crippen LogP contribution is 2.19. The molecule has 0 saturated carbocycles. The SMILES string of the molecule is CCc1ccc(OCCc2nnc(NC(=O)c3cc4ccccc4oc3=O)s2)cc1. The number of anilines is 1. The number of fused-ring (bicyclic) bond motifs is 1. The van der Waals surface area contributed by atoms with Crippen molar-refractivity contribution in [3.63, 3.8) is 0 Å². The van der Waals surface area contributed by atoms with Gasteiger partial charge in [0, 0.05) is 11.8 Å². The molecule has 0 aliphatic heterocycles. The molecule has 0 saturated heterocycles. The molecule has 0 fully saturated rings. The average Bonchev–Trinajstić information content (AvgIpc) is 3.20. The summed E-state index contributed by atoms with van der Waals surface area (Å²) < 4.78 is 10.9. The number of aryl methyl sites for hydroxylation is 1. The molecule has 0 atom stereocenters. The molecule has 152 valence electrons. The van der Waals surface area contributed by atoms with E-state index in [9.17, 15) is 9.59 Å². The normalized spacial score (nSPS) is 10.8. The Morgan fingerprint density at radius 2 is 1.93 bits per heavy atom. The maximum absolute atomic E-state index is 12.5. The van der Waals surface area contributed by atoms with Gasteiger partial charge >= 0.3 is 5.63 Å². The van der Waals surface area contributed by atoms with Crippen molar-refractivity contribution in [1.29, 1.82) is 0 Å². The summed E-state index contributed by atoms with van der Waals surface area (Å²) >= 11 is 1.24. The van der Waals surface area contributed by atoms with Crippen molar-refractivity contribution in [2.45, 2.75) is 19.8 Å². The zero-order chi connectivity index (χ0) is 20.9. The van der Waals surface area contributed by atoms with Crippen molar-refractivity contribution in [2.75, 3.05) is 11.9 Å². The van der Waals surface area contributed by atoms with E-state index < -0.39 is 11.5 Å². The molecule has 30 heavy (non-hydrogen) atoms. The predicted molar refractivity (Wildman–Crippen MR) is 115 cm³/mol. The number of aromatic nitrogens is 2. The Labute approximate surface area is 176 Å². The van der Waals surface area contributed by atoms with Gasteiger partial charge in [0.15, 0.2) is 0 Å². The van der Waals surface area contributed by atoms with E-state index in [-0.39, 0.29) is 5.56 Å². The molecule has 8 heteroatoms. The molecule has 1 amide bonds. The number of benzene rings is 2. The van der Waals surface area contributed by atoms with E-state index >= 15 is 0 Å². The van der Waals surface area contributed by atoms with Crippen LogP contribution in [0.25, 0.3) is 11.0 Å². The second-order valence-electron chi connectivity index (χ2n) is 6.54. The number of ether oxygens (including phenoxy) is 1. The Bertz CT molecular complexity index is 1230. The van der Waals surface area contributed by atoms with Crippen molar-refractivity contribution in [1.82, 2.24) is 10.2 Å². The smallest absolute Gasteiger partial charge is 0.349 e. The van der Waals surface area contributed by atoms with E-state index in [1.807, 2.05) is 24.3 Å². The van der Waals surface area contributed by atoms with Gasteiger partial charge in [-0.2, -0.15) is 0 Å². The van der Waals surface area contributed by atoms with E-state index in [1.54, 1.807) is 24.3 Å². The first-order valence-electron chi connectivity index (χ1n) is 9.51. The highest BCUT2D eigenvalue weighted by Gasteiger charge is 2.16. The number of carbonyl (C=O) groups excluding carboxylic acids is 1. The Hall–Kier alpha value is -3.52. The van der Waals surface area contributed by atoms with Crippen LogP contribution >= 0.6 is 11.3 Å². The molecule has 7 nitrogen and oxygen atoms in total. The maximum atomic E-state index is 12.5. The van der Waals surface area contributed by atoms with Crippen molar-refractivity contribution in [2.24, 2.45) is 0 Å². The second-order valence-corrected chi connectivity index (χ2v) is 7.60. The van der Waals surface area contributed by atoms with Gasteiger partial charge in [0.25, 0.3) is 5.91 Å². The van der Waals surface area contributed by atoms with Crippen LogP contribution in [0.5, 0.6) is 5.75 Å². The third kappa shape index (κ3) is 4.55. The minimum Gasteiger partial charge on any atom is -0.493 e. The van der Waals surface area contributed by atoms with Gasteiger partial charge < -0.3 is 9.15 Å². The Balaban J connectivity index is 1.36. The number of amides is 1. The Morgan fingerprint density at radius 3 is 2.73 bits per heavy atom. The van der Waals surface area contributed by atoms with Crippen LogP contribution in [-0.4, -0.2) is 22.7 Å². The molecule has 4 aromatic rings. The van der Waals surface area contributed by atoms with E-state index in [0.29, 0.717) is 29.1 Å². The quantitative estimate of drug-likeness (QED) is 0.452. The first kappa shape index (κ1) is 19.8. The highest BCUT2D eigenvalue weighted by molar-refractivity contribution is 7.15. The Kier molecular flexibility index (Phi) is 5.85. The van der Waals surface area contributed by atoms with Crippen molar-refractivity contribution in [3.8, 4) is 5.75 Å². The fraction of sp³-hybridized carbons (Fsp3) is 0.182. The summed E-state index contributed by atoms with van der Waals surface area (Å²) in [6.07, 6.45) is 1.54. The predicted octanol–water partition coefficient (Wildman–Crippen LogP) is 4.08. The minimum atomic E-state index is -0.696. The highest BCUT2D eigenvalue weighted by atomic mass is 32.1. The van der Waals surface area contributed by atoms with Crippen LogP contribution in [0.15, 0.2) is 63.8 Å². The minimum absolute atomic E-state index is 0.0793. The summed E-state index contributed by atoms with van der Waals surface area (Å²) in [4.78, 5) is 24.6. The Morgan fingerprint density at radius 1 is 1.13 bits per heavy atom. The lowest BCUT2D eigenvalue weighted by Gasteiger charge is -2.05. The molecule has 0 aliphatic rings. The zero-order valence-corrected chi connectivity index (χ0v) is 17.1. The molecule has 2 heterocycles. The second kappa shape index (κ2) is 8.87. The van der Waals surface area contributed by atoms with Crippen molar-refractivity contribution in [3.05, 3.63) is 81.2 Å². The van der Waals surface area contributed by atoms with E-state index in [2.05, 4.69) is 22.4 Å². The first-order chi connectivity index (χ1) is 14.6. The summed E-state index contributed by atoms with van der Waals surface area (Å²) in [5, 5.41) is 12.4. The monoisotopic (exact) mass is 421 g/mol. The topological polar surface area (TPSA) is 94.3 Å². The molecule has 0 aliphatic carbocycles. The van der Waals surface area contributed by atoms with Crippen molar-refractivity contribution >= 4 is 33.3 Å². The van der Waals surface area contributed by atoms with Gasteiger partial charge in [-0.25, -0.2) is 4.79 Å². The van der Waals surface area contributed by atoms with Gasteiger partial charge in [-0.15, -0.1) is 10.2 Å². The van der Waals surface area contributed by atoms with Crippen LogP contribution in [0.1, 0.15) is 27.9 Å². The van der Waals surface area contributed by atoms with E-state index in [4.69, 9.17) is 9.15 Å². The summed E-state index contributed by atoms with van der Waals surface area (Å²) in [6.45, 7) is 2.55. The zero-order valence-electron chi connectivity index (χ0n) is 16.3. The number of hydrogen-bond acceptors (Lipinski definition) is 7. The lowest BCUT2D eigenvalue weighted by Crippen LogP contribution is -2.20. The summed E-state index contributed by atoms with van der Waals surface area (Å²) in [7, 11) is 0. The standard InChI is InChI=1S/C22H19N3O4S/c1-2-14-7-9-16(10-8-14)28-12-11-19-24-25-22(30-19)23-20(26)17-13-15-5-3-4-6-18(15)29-21(17)27/h3-10,13H,2,11-12H2,1H3,(H,23,25,26). The molecule has 1 N–H and O–H groups in total. The van der Waals surface area contributed by atoms with Gasteiger partial charge in [0.05, 0.1) is 6.61 Å². The molecule has 0 spiro atoms. The van der Waals surface area contributed by atoms with Gasteiger partial charge in [0.2, 0.25) is 5.13 Å². The molecular formula is C22H19N3O4S. The number of rotatable bonds is 7. The molecular weight excluding hydrogens is 402 g/mol.